The molecule has 2 heterocycles. The van der Waals surface area contributed by atoms with Crippen LogP contribution in [-0.4, -0.2) is 60.6 Å². The van der Waals surface area contributed by atoms with Gasteiger partial charge in [0.15, 0.2) is 6.04 Å². The van der Waals surface area contributed by atoms with Crippen LogP contribution in [0, 0.1) is 0 Å². The lowest BCUT2D eigenvalue weighted by atomic mass is 9.95. The quantitative estimate of drug-likeness (QED) is 0.219. The Morgan fingerprint density at radius 2 is 1.48 bits per heavy atom. The van der Waals surface area contributed by atoms with Gasteiger partial charge in [0, 0.05) is 33.2 Å². The average molecular weight is 783 g/mol. The van der Waals surface area contributed by atoms with Crippen molar-refractivity contribution in [2.24, 2.45) is 5.73 Å². The fraction of sp³-hybridized carbons (Fsp3) is 0.355. The number of alkyl halides is 5. The Hall–Kier alpha value is -3.31. The molecule has 0 radical (unpaired) electrons. The van der Waals surface area contributed by atoms with Gasteiger partial charge in [-0.25, -0.2) is 13.2 Å². The number of fused-ring (bicyclic) bond motifs is 2. The Bertz CT molecular complexity index is 1680. The molecule has 5 rings (SSSR count). The van der Waals surface area contributed by atoms with E-state index in [1.54, 1.807) is 24.3 Å². The van der Waals surface area contributed by atoms with Gasteiger partial charge in [0.05, 0.1) is 4.90 Å². The summed E-state index contributed by atoms with van der Waals surface area (Å²) in [4.78, 5) is 23.8. The highest BCUT2D eigenvalue weighted by atomic mass is 79.9. The summed E-state index contributed by atoms with van der Waals surface area (Å²) in [5, 5.41) is 7.72. The molecule has 0 saturated carbocycles. The topological polar surface area (TPSA) is 139 Å². The number of rotatable bonds is 9. The zero-order chi connectivity index (χ0) is 35.4. The van der Waals surface area contributed by atoms with Crippen LogP contribution in [0.15, 0.2) is 82.2 Å². The SMILES string of the molecule is NC1CC2CCC(C1)N2C(=O)[C@@H](NS(=O)(=O)c1ccc(OCc2ccc(Cl)cc2)cc1)C(F)(F)c1ccc(Br)cc1.O=C(O)C(F)(F)F. The van der Waals surface area contributed by atoms with Crippen LogP contribution in [-0.2, 0) is 32.1 Å². The number of carbonyl (C=O) groups excluding carboxylic acids is 1. The second kappa shape index (κ2) is 15.1. The summed E-state index contributed by atoms with van der Waals surface area (Å²) in [5.41, 5.74) is 6.50. The first-order chi connectivity index (χ1) is 22.4. The number of carbonyl (C=O) groups is 2. The largest absolute Gasteiger partial charge is 0.490 e. The molecule has 3 atom stereocenters. The Kier molecular flexibility index (Phi) is 11.8. The van der Waals surface area contributed by atoms with Gasteiger partial charge < -0.3 is 20.5 Å². The summed E-state index contributed by atoms with van der Waals surface area (Å²) in [7, 11) is -4.54. The molecule has 3 aromatic rings. The molecule has 0 aliphatic carbocycles. The van der Waals surface area contributed by atoms with Crippen LogP contribution < -0.4 is 15.2 Å². The number of piperidine rings is 1. The van der Waals surface area contributed by atoms with Crippen molar-refractivity contribution in [3.63, 3.8) is 0 Å². The van der Waals surface area contributed by atoms with E-state index in [2.05, 4.69) is 20.7 Å². The van der Waals surface area contributed by atoms with E-state index < -0.39 is 45.6 Å². The molecule has 3 aromatic carbocycles. The van der Waals surface area contributed by atoms with Crippen LogP contribution in [0.2, 0.25) is 5.02 Å². The van der Waals surface area contributed by atoms with E-state index >= 15 is 8.78 Å². The second-order valence-corrected chi connectivity index (χ2v) is 14.3. The normalized spacial score (nSPS) is 20.0. The highest BCUT2D eigenvalue weighted by Gasteiger charge is 2.53. The van der Waals surface area contributed by atoms with E-state index in [1.807, 2.05) is 0 Å². The van der Waals surface area contributed by atoms with E-state index in [-0.39, 0.29) is 29.6 Å². The molecule has 17 heteroatoms. The van der Waals surface area contributed by atoms with Gasteiger partial charge in [0.1, 0.15) is 12.4 Å². The molecule has 0 aromatic heterocycles. The van der Waals surface area contributed by atoms with Crippen LogP contribution in [0.3, 0.4) is 0 Å². The lowest BCUT2D eigenvalue weighted by molar-refractivity contribution is -0.192. The summed E-state index contributed by atoms with van der Waals surface area (Å²) in [6.45, 7) is 0.222. The maximum Gasteiger partial charge on any atom is 0.490 e. The van der Waals surface area contributed by atoms with Gasteiger partial charge in [-0.05, 0) is 79.8 Å². The van der Waals surface area contributed by atoms with Crippen molar-refractivity contribution in [3.05, 3.63) is 93.4 Å². The Morgan fingerprint density at radius 1 is 0.958 bits per heavy atom. The van der Waals surface area contributed by atoms with Gasteiger partial charge in [-0.15, -0.1) is 0 Å². The van der Waals surface area contributed by atoms with Crippen molar-refractivity contribution in [3.8, 4) is 5.75 Å². The number of hydrogen-bond acceptors (Lipinski definition) is 6. The number of sulfonamides is 1. The second-order valence-electron chi connectivity index (χ2n) is 11.2. The van der Waals surface area contributed by atoms with Crippen molar-refractivity contribution in [2.75, 3.05) is 0 Å². The number of halogens is 7. The maximum absolute atomic E-state index is 16.1. The van der Waals surface area contributed by atoms with Gasteiger partial charge >= 0.3 is 12.1 Å². The molecular weight excluding hydrogens is 753 g/mol. The number of nitrogens with one attached hydrogen (secondary N) is 1. The van der Waals surface area contributed by atoms with Gasteiger partial charge in [-0.2, -0.15) is 26.7 Å². The minimum absolute atomic E-state index is 0.126. The van der Waals surface area contributed by atoms with E-state index in [1.165, 1.54) is 53.4 Å². The molecule has 0 spiro atoms. The van der Waals surface area contributed by atoms with E-state index in [4.69, 9.17) is 32.0 Å². The summed E-state index contributed by atoms with van der Waals surface area (Å²) in [5.74, 6) is -7.17. The number of carboxylic acid groups (broad SMARTS) is 1. The van der Waals surface area contributed by atoms with Gasteiger partial charge in [-0.1, -0.05) is 51.8 Å². The zero-order valence-electron chi connectivity index (χ0n) is 24.8. The highest BCUT2D eigenvalue weighted by molar-refractivity contribution is 9.10. The smallest absolute Gasteiger partial charge is 0.489 e. The highest BCUT2D eigenvalue weighted by Crippen LogP contribution is 2.40. The number of nitrogens with two attached hydrogens (primary N) is 1. The monoisotopic (exact) mass is 781 g/mol. The molecule has 2 unspecified atom stereocenters. The number of nitrogens with zero attached hydrogens (tertiary/aromatic N) is 1. The summed E-state index contributed by atoms with van der Waals surface area (Å²) >= 11 is 9.12. The van der Waals surface area contributed by atoms with Gasteiger partial charge in [0.2, 0.25) is 15.9 Å². The molecule has 2 saturated heterocycles. The third kappa shape index (κ3) is 9.22. The molecule has 48 heavy (non-hydrogen) atoms. The average Bonchev–Trinajstić information content (AvgIpc) is 3.30. The lowest BCUT2D eigenvalue weighted by Gasteiger charge is -2.41. The number of hydrogen-bond donors (Lipinski definition) is 3. The van der Waals surface area contributed by atoms with Crippen molar-refractivity contribution >= 4 is 49.4 Å². The van der Waals surface area contributed by atoms with Crippen molar-refractivity contribution in [1.82, 2.24) is 9.62 Å². The first-order valence-electron chi connectivity index (χ1n) is 14.4. The first kappa shape index (κ1) is 37.5. The number of amides is 1. The lowest BCUT2D eigenvalue weighted by Crippen LogP contribution is -2.60. The van der Waals surface area contributed by atoms with Crippen LogP contribution in [0.25, 0.3) is 0 Å². The predicted molar refractivity (Wildman–Crippen MR) is 169 cm³/mol. The molecule has 2 fully saturated rings. The Morgan fingerprint density at radius 3 is 1.98 bits per heavy atom. The number of benzene rings is 3. The summed E-state index contributed by atoms with van der Waals surface area (Å²) in [6, 6.07) is 14.5. The minimum Gasteiger partial charge on any atom is -0.489 e. The zero-order valence-corrected chi connectivity index (χ0v) is 28.0. The van der Waals surface area contributed by atoms with Crippen molar-refractivity contribution in [1.29, 1.82) is 0 Å². The molecule has 2 aliphatic heterocycles. The number of ether oxygens (including phenoxy) is 1. The van der Waals surface area contributed by atoms with Crippen LogP contribution in [0.1, 0.15) is 36.8 Å². The fourth-order valence-corrected chi connectivity index (χ4v) is 7.11. The fourth-order valence-electron chi connectivity index (χ4n) is 5.53. The number of aliphatic carboxylic acids is 1. The van der Waals surface area contributed by atoms with Gasteiger partial charge in [-0.3, -0.25) is 4.79 Å². The molecular formula is C31H30BrClF5N3O6S. The Balaban J connectivity index is 0.000000671. The molecule has 9 nitrogen and oxygen atoms in total. The van der Waals surface area contributed by atoms with E-state index in [0.717, 1.165) is 5.56 Å². The van der Waals surface area contributed by atoms with Crippen LogP contribution in [0.5, 0.6) is 5.75 Å². The summed E-state index contributed by atoms with van der Waals surface area (Å²) < 4.78 is 99.0. The third-order valence-corrected chi connectivity index (χ3v) is 10.1. The standard InChI is InChI=1S/C29H29BrClF2N3O4S.C2HF3O2/c30-20-5-3-19(4-6-20)29(32,33)27(28(37)36-23-9-10-24(36)16-22(34)15-23)35-41(38,39)26-13-11-25(12-14-26)40-17-18-1-7-21(31)8-2-18;3-2(4,5)1(6)7/h1-8,11-14,22-24,27,35H,9-10,15-17,34H2;(H,6,7)/t22?,23?,24?,27-;/m1./s1. The maximum atomic E-state index is 16.1. The van der Waals surface area contributed by atoms with Gasteiger partial charge in [0.25, 0.3) is 5.92 Å². The van der Waals surface area contributed by atoms with Crippen LogP contribution in [0.4, 0.5) is 22.0 Å². The first-order valence-corrected chi connectivity index (χ1v) is 17.0. The predicted octanol–water partition coefficient (Wildman–Crippen LogP) is 6.23. The third-order valence-electron chi connectivity index (χ3n) is 7.83. The van der Waals surface area contributed by atoms with Crippen LogP contribution >= 0.6 is 27.5 Å². The minimum atomic E-state index is -5.08. The molecule has 2 aliphatic rings. The Labute approximate surface area is 286 Å². The molecule has 260 valence electrons. The van der Waals surface area contributed by atoms with Crippen molar-refractivity contribution < 1.29 is 49.8 Å². The molecule has 4 N–H and O–H groups in total. The molecule has 2 bridgehead atoms. The van der Waals surface area contributed by atoms with Crippen molar-refractivity contribution in [2.45, 2.75) is 73.5 Å². The number of carboxylic acids is 1. The van der Waals surface area contributed by atoms with E-state index in [9.17, 15) is 26.4 Å². The molecule has 1 amide bonds. The van der Waals surface area contributed by atoms with E-state index in [0.29, 0.717) is 40.9 Å². The summed E-state index contributed by atoms with van der Waals surface area (Å²) in [6.07, 6.45) is -2.82.